The lowest BCUT2D eigenvalue weighted by atomic mass is 10.2. The first-order valence-electron chi connectivity index (χ1n) is 6.91. The van der Waals surface area contributed by atoms with Gasteiger partial charge in [-0.1, -0.05) is 31.5 Å². The average molecular weight is 292 g/mol. The summed E-state index contributed by atoms with van der Waals surface area (Å²) in [6.07, 6.45) is 6.66. The van der Waals surface area contributed by atoms with E-state index in [2.05, 4.69) is 11.9 Å². The van der Waals surface area contributed by atoms with Gasteiger partial charge < -0.3 is 4.57 Å². The minimum atomic E-state index is -3.22. The Balaban J connectivity index is 2.04. The number of hydrogen-bond acceptors (Lipinski definition) is 3. The van der Waals surface area contributed by atoms with Crippen molar-refractivity contribution in [2.45, 2.75) is 37.6 Å². The highest BCUT2D eigenvalue weighted by atomic mass is 32.2. The molecular weight excluding hydrogens is 272 g/mol. The van der Waals surface area contributed by atoms with Crippen molar-refractivity contribution < 1.29 is 8.42 Å². The first-order valence-corrected chi connectivity index (χ1v) is 8.56. The van der Waals surface area contributed by atoms with Crippen LogP contribution in [0.25, 0.3) is 0 Å². The molecule has 0 saturated carbocycles. The third-order valence-electron chi connectivity index (χ3n) is 3.26. The van der Waals surface area contributed by atoms with Gasteiger partial charge in [0.25, 0.3) is 0 Å². The van der Waals surface area contributed by atoms with Gasteiger partial charge >= 0.3 is 0 Å². The number of aromatic nitrogens is 2. The highest BCUT2D eigenvalue weighted by Crippen LogP contribution is 2.11. The van der Waals surface area contributed by atoms with Gasteiger partial charge in [-0.2, -0.15) is 0 Å². The molecule has 0 aliphatic carbocycles. The molecule has 5 heteroatoms. The van der Waals surface area contributed by atoms with E-state index in [0.29, 0.717) is 11.4 Å². The molecule has 0 aliphatic rings. The average Bonchev–Trinajstić information content (AvgIpc) is 2.91. The summed E-state index contributed by atoms with van der Waals surface area (Å²) in [5.41, 5.74) is 0. The van der Waals surface area contributed by atoms with Crippen LogP contribution in [0.3, 0.4) is 0 Å². The van der Waals surface area contributed by atoms with E-state index in [1.165, 1.54) is 0 Å². The van der Waals surface area contributed by atoms with Gasteiger partial charge in [-0.05, 0) is 18.6 Å². The number of nitrogens with zero attached hydrogens (tertiary/aromatic N) is 2. The highest BCUT2D eigenvalue weighted by molar-refractivity contribution is 7.91. The van der Waals surface area contributed by atoms with Gasteiger partial charge in [-0.25, -0.2) is 13.4 Å². The van der Waals surface area contributed by atoms with Crippen LogP contribution >= 0.6 is 0 Å². The van der Waals surface area contributed by atoms with Crippen LogP contribution in [0.5, 0.6) is 0 Å². The Morgan fingerprint density at radius 2 is 1.95 bits per heavy atom. The molecule has 0 radical (unpaired) electrons. The fraction of sp³-hybridized carbons (Fsp3) is 0.400. The SMILES string of the molecule is CCCCc1nccn1CCS(=O)(=O)c1ccccc1. The fourth-order valence-corrected chi connectivity index (χ4v) is 3.32. The van der Waals surface area contributed by atoms with Gasteiger partial charge in [-0.15, -0.1) is 0 Å². The second-order valence-corrected chi connectivity index (χ2v) is 6.88. The Hall–Kier alpha value is -1.62. The molecule has 0 atom stereocenters. The van der Waals surface area contributed by atoms with E-state index in [1.807, 2.05) is 16.8 Å². The van der Waals surface area contributed by atoms with Crippen molar-refractivity contribution in [2.75, 3.05) is 5.75 Å². The first-order chi connectivity index (χ1) is 9.63. The normalized spacial score (nSPS) is 11.7. The number of unbranched alkanes of at least 4 members (excludes halogenated alkanes) is 1. The molecule has 0 fully saturated rings. The summed E-state index contributed by atoms with van der Waals surface area (Å²) in [5, 5.41) is 0. The van der Waals surface area contributed by atoms with E-state index in [-0.39, 0.29) is 5.75 Å². The minimum absolute atomic E-state index is 0.104. The molecule has 2 rings (SSSR count). The van der Waals surface area contributed by atoms with Crippen LogP contribution in [0, 0.1) is 0 Å². The molecule has 0 spiro atoms. The minimum Gasteiger partial charge on any atom is -0.334 e. The van der Waals surface area contributed by atoms with Gasteiger partial charge in [-0.3, -0.25) is 0 Å². The lowest BCUT2D eigenvalue weighted by Gasteiger charge is -2.08. The summed E-state index contributed by atoms with van der Waals surface area (Å²) in [4.78, 5) is 4.68. The van der Waals surface area contributed by atoms with E-state index in [9.17, 15) is 8.42 Å². The summed E-state index contributed by atoms with van der Waals surface area (Å²) >= 11 is 0. The van der Waals surface area contributed by atoms with Gasteiger partial charge in [0.2, 0.25) is 0 Å². The maximum atomic E-state index is 12.2. The van der Waals surface area contributed by atoms with Crippen LogP contribution < -0.4 is 0 Å². The molecule has 0 aliphatic heterocycles. The van der Waals surface area contributed by atoms with E-state index < -0.39 is 9.84 Å². The Morgan fingerprint density at radius 3 is 2.65 bits per heavy atom. The number of aryl methyl sites for hydroxylation is 2. The molecule has 0 unspecified atom stereocenters. The summed E-state index contributed by atoms with van der Waals surface area (Å²) in [5.74, 6) is 1.07. The van der Waals surface area contributed by atoms with Crippen LogP contribution in [0.4, 0.5) is 0 Å². The first kappa shape index (κ1) is 14.8. The summed E-state index contributed by atoms with van der Waals surface area (Å²) in [6, 6.07) is 8.59. The van der Waals surface area contributed by atoms with Gasteiger partial charge in [0.05, 0.1) is 10.6 Å². The van der Waals surface area contributed by atoms with Crippen LogP contribution in [0.15, 0.2) is 47.6 Å². The molecule has 108 valence electrons. The van der Waals surface area contributed by atoms with Crippen molar-refractivity contribution in [1.82, 2.24) is 9.55 Å². The fourth-order valence-electron chi connectivity index (χ4n) is 2.07. The zero-order valence-electron chi connectivity index (χ0n) is 11.7. The Kier molecular flexibility index (Phi) is 4.95. The number of hydrogen-bond donors (Lipinski definition) is 0. The van der Waals surface area contributed by atoms with Crippen molar-refractivity contribution in [2.24, 2.45) is 0 Å². The van der Waals surface area contributed by atoms with Crippen LogP contribution in [0.1, 0.15) is 25.6 Å². The predicted molar refractivity (Wildman–Crippen MR) is 79.3 cm³/mol. The molecule has 0 N–H and O–H groups in total. The third-order valence-corrected chi connectivity index (χ3v) is 4.97. The van der Waals surface area contributed by atoms with Crippen molar-refractivity contribution in [3.8, 4) is 0 Å². The van der Waals surface area contributed by atoms with E-state index in [1.54, 1.807) is 30.5 Å². The molecule has 0 saturated heterocycles. The monoisotopic (exact) mass is 292 g/mol. The maximum Gasteiger partial charge on any atom is 0.180 e. The molecular formula is C15H20N2O2S. The van der Waals surface area contributed by atoms with Crippen LogP contribution in [0.2, 0.25) is 0 Å². The topological polar surface area (TPSA) is 52.0 Å². The third kappa shape index (κ3) is 3.70. The second kappa shape index (κ2) is 6.70. The number of sulfone groups is 1. The molecule has 1 aromatic heterocycles. The Labute approximate surface area is 120 Å². The molecule has 1 aromatic carbocycles. The zero-order valence-corrected chi connectivity index (χ0v) is 12.5. The van der Waals surface area contributed by atoms with E-state index in [4.69, 9.17) is 0 Å². The molecule has 1 heterocycles. The van der Waals surface area contributed by atoms with Crippen LogP contribution in [-0.4, -0.2) is 23.7 Å². The second-order valence-electron chi connectivity index (χ2n) is 4.77. The van der Waals surface area contributed by atoms with E-state index >= 15 is 0 Å². The molecule has 2 aromatic rings. The van der Waals surface area contributed by atoms with Crippen molar-refractivity contribution in [3.05, 3.63) is 48.5 Å². The lowest BCUT2D eigenvalue weighted by molar-refractivity contribution is 0.584. The zero-order chi connectivity index (χ0) is 14.4. The van der Waals surface area contributed by atoms with E-state index in [0.717, 1.165) is 25.1 Å². The van der Waals surface area contributed by atoms with Crippen molar-refractivity contribution in [3.63, 3.8) is 0 Å². The largest absolute Gasteiger partial charge is 0.334 e. The van der Waals surface area contributed by atoms with Gasteiger partial charge in [0.15, 0.2) is 9.84 Å². The van der Waals surface area contributed by atoms with Gasteiger partial charge in [0, 0.05) is 25.4 Å². The smallest absolute Gasteiger partial charge is 0.180 e. The van der Waals surface area contributed by atoms with Crippen molar-refractivity contribution >= 4 is 9.84 Å². The highest BCUT2D eigenvalue weighted by Gasteiger charge is 2.14. The lowest BCUT2D eigenvalue weighted by Crippen LogP contribution is -2.14. The summed E-state index contributed by atoms with van der Waals surface area (Å²) < 4.78 is 26.4. The summed E-state index contributed by atoms with van der Waals surface area (Å²) in [7, 11) is -3.22. The summed E-state index contributed by atoms with van der Waals surface area (Å²) in [6.45, 7) is 2.59. The molecule has 0 amide bonds. The number of imidazole rings is 1. The Morgan fingerprint density at radius 1 is 1.20 bits per heavy atom. The van der Waals surface area contributed by atoms with Gasteiger partial charge in [0.1, 0.15) is 5.82 Å². The predicted octanol–water partition coefficient (Wildman–Crippen LogP) is 2.70. The molecule has 4 nitrogen and oxygen atoms in total. The number of rotatable bonds is 7. The standard InChI is InChI=1S/C15H20N2O2S/c1-2-3-9-15-16-10-11-17(15)12-13-20(18,19)14-7-5-4-6-8-14/h4-8,10-11H,2-3,9,12-13H2,1H3. The molecule has 20 heavy (non-hydrogen) atoms. The van der Waals surface area contributed by atoms with Crippen LogP contribution in [-0.2, 0) is 22.8 Å². The number of benzene rings is 1. The quantitative estimate of drug-likeness (QED) is 0.788. The molecule has 0 bridgehead atoms. The maximum absolute atomic E-state index is 12.2. The Bertz CT molecular complexity index is 633. The van der Waals surface area contributed by atoms with Crippen molar-refractivity contribution in [1.29, 1.82) is 0 Å².